The molecule has 0 spiro atoms. The molecule has 0 heterocycles. The summed E-state index contributed by atoms with van der Waals surface area (Å²) in [6.45, 7) is 2.95. The molecule has 0 bridgehead atoms. The van der Waals surface area contributed by atoms with Crippen molar-refractivity contribution in [2.45, 2.75) is 20.3 Å². The SMILES string of the molecule is CCC(=O)C(C)=O.[Cr+3]. The number of hydrogen-bond donors (Lipinski definition) is 0. The van der Waals surface area contributed by atoms with E-state index in [0.29, 0.717) is 6.42 Å². The predicted octanol–water partition coefficient (Wildman–Crippen LogP) is 0.552. The maximum atomic E-state index is 10.2. The summed E-state index contributed by atoms with van der Waals surface area (Å²) in [4.78, 5) is 20.2. The van der Waals surface area contributed by atoms with Crippen LogP contribution in [-0.4, -0.2) is 11.6 Å². The Bertz CT molecular complexity index is 98.6. The van der Waals surface area contributed by atoms with Crippen molar-refractivity contribution in [1.29, 1.82) is 0 Å². The van der Waals surface area contributed by atoms with Gasteiger partial charge in [0.2, 0.25) is 0 Å². The van der Waals surface area contributed by atoms with Gasteiger partial charge >= 0.3 is 17.4 Å². The van der Waals surface area contributed by atoms with Crippen LogP contribution in [0, 0.1) is 0 Å². The first-order chi connectivity index (χ1) is 3.18. The van der Waals surface area contributed by atoms with Crippen LogP contribution in [0.4, 0.5) is 0 Å². The van der Waals surface area contributed by atoms with E-state index in [9.17, 15) is 9.59 Å². The maximum absolute atomic E-state index is 10.2. The zero-order valence-corrected chi connectivity index (χ0v) is 6.21. The minimum atomic E-state index is -0.345. The van der Waals surface area contributed by atoms with E-state index < -0.39 is 0 Å². The normalized spacial score (nSPS) is 7.25. The van der Waals surface area contributed by atoms with Gasteiger partial charge in [-0.3, -0.25) is 9.59 Å². The molecule has 8 heavy (non-hydrogen) atoms. The average molecular weight is 152 g/mol. The van der Waals surface area contributed by atoms with E-state index in [1.165, 1.54) is 6.92 Å². The van der Waals surface area contributed by atoms with E-state index in [0.717, 1.165) is 0 Å². The molecule has 0 unspecified atom stereocenters. The number of hydrogen-bond acceptors (Lipinski definition) is 2. The first kappa shape index (κ1) is 10.8. The minimum Gasteiger partial charge on any atom is -0.291 e. The van der Waals surface area contributed by atoms with Crippen molar-refractivity contribution in [3.63, 3.8) is 0 Å². The third kappa shape index (κ3) is 4.04. The first-order valence-electron chi connectivity index (χ1n) is 2.22. The molecular formula is C5H8CrO2+3. The van der Waals surface area contributed by atoms with Gasteiger partial charge in [0.05, 0.1) is 0 Å². The van der Waals surface area contributed by atoms with Crippen molar-refractivity contribution < 1.29 is 27.0 Å². The Morgan fingerprint density at radius 1 is 1.38 bits per heavy atom. The molecule has 0 aliphatic carbocycles. The zero-order valence-electron chi connectivity index (χ0n) is 4.93. The second kappa shape index (κ2) is 5.02. The van der Waals surface area contributed by atoms with Crippen molar-refractivity contribution in [3.8, 4) is 0 Å². The van der Waals surface area contributed by atoms with Crippen LogP contribution in [0.5, 0.6) is 0 Å². The molecule has 2 nitrogen and oxygen atoms in total. The van der Waals surface area contributed by atoms with Crippen LogP contribution >= 0.6 is 0 Å². The van der Waals surface area contributed by atoms with Crippen LogP contribution < -0.4 is 0 Å². The molecule has 0 aliphatic heterocycles. The molecule has 0 rings (SSSR count). The van der Waals surface area contributed by atoms with Crippen molar-refractivity contribution in [3.05, 3.63) is 0 Å². The summed E-state index contributed by atoms with van der Waals surface area (Å²) >= 11 is 0. The van der Waals surface area contributed by atoms with Crippen LogP contribution in [-0.2, 0) is 27.0 Å². The van der Waals surface area contributed by atoms with Crippen molar-refractivity contribution >= 4 is 11.6 Å². The van der Waals surface area contributed by atoms with Crippen LogP contribution in [0.1, 0.15) is 20.3 Å². The van der Waals surface area contributed by atoms with E-state index in [1.807, 2.05) is 0 Å². The molecule has 3 heteroatoms. The van der Waals surface area contributed by atoms with Crippen LogP contribution in [0.15, 0.2) is 0 Å². The third-order valence-electron chi connectivity index (χ3n) is 0.714. The summed E-state index contributed by atoms with van der Waals surface area (Å²) < 4.78 is 0. The number of rotatable bonds is 2. The van der Waals surface area contributed by atoms with Crippen molar-refractivity contribution in [2.75, 3.05) is 0 Å². The molecule has 0 amide bonds. The molecule has 0 aromatic rings. The number of Topliss-reactive ketones (excluding diaryl/α,β-unsaturated/α-hetero) is 2. The Morgan fingerprint density at radius 2 is 1.75 bits per heavy atom. The summed E-state index contributed by atoms with van der Waals surface area (Å²) in [6, 6.07) is 0. The molecule has 1 radical (unpaired) electrons. The molecule has 43 valence electrons. The quantitative estimate of drug-likeness (QED) is 0.541. The molecule has 0 aliphatic rings. The molecular weight excluding hydrogens is 144 g/mol. The van der Waals surface area contributed by atoms with Crippen LogP contribution in [0.25, 0.3) is 0 Å². The Labute approximate surface area is 59.4 Å². The Kier molecular flexibility index (Phi) is 6.76. The predicted molar refractivity (Wildman–Crippen MR) is 26.0 cm³/mol. The van der Waals surface area contributed by atoms with Gasteiger partial charge in [0.1, 0.15) is 0 Å². The molecule has 0 saturated carbocycles. The number of carbonyl (C=O) groups excluding carboxylic acids is 2. The van der Waals surface area contributed by atoms with Gasteiger partial charge in [-0.25, -0.2) is 0 Å². The summed E-state index contributed by atoms with van der Waals surface area (Å²) in [5, 5.41) is 0. The van der Waals surface area contributed by atoms with Gasteiger partial charge < -0.3 is 0 Å². The van der Waals surface area contributed by atoms with Gasteiger partial charge in [0.15, 0.2) is 11.6 Å². The van der Waals surface area contributed by atoms with E-state index >= 15 is 0 Å². The van der Waals surface area contributed by atoms with Crippen LogP contribution in [0.2, 0.25) is 0 Å². The molecule has 0 atom stereocenters. The van der Waals surface area contributed by atoms with E-state index in [-0.39, 0.29) is 28.9 Å². The standard InChI is InChI=1S/C5H8O2.Cr/c1-3-5(7)4(2)6;/h3H2,1-2H3;/q;+3. The van der Waals surface area contributed by atoms with Gasteiger partial charge in [-0.1, -0.05) is 6.92 Å². The fourth-order valence-electron chi connectivity index (χ4n) is 0.249. The number of carbonyl (C=O) groups is 2. The van der Waals surface area contributed by atoms with Gasteiger partial charge in [0.25, 0.3) is 0 Å². The molecule has 0 aromatic carbocycles. The van der Waals surface area contributed by atoms with E-state index in [1.54, 1.807) is 6.92 Å². The zero-order chi connectivity index (χ0) is 5.86. The summed E-state index contributed by atoms with van der Waals surface area (Å²) in [6.07, 6.45) is 0.329. The fourth-order valence-corrected chi connectivity index (χ4v) is 0.249. The van der Waals surface area contributed by atoms with E-state index in [2.05, 4.69) is 0 Å². The molecule has 0 N–H and O–H groups in total. The minimum absolute atomic E-state index is 0. The smallest absolute Gasteiger partial charge is 0.291 e. The van der Waals surface area contributed by atoms with Gasteiger partial charge in [0, 0.05) is 13.3 Å². The third-order valence-corrected chi connectivity index (χ3v) is 0.714. The topological polar surface area (TPSA) is 34.1 Å². The Balaban J connectivity index is 0. The summed E-state index contributed by atoms with van der Waals surface area (Å²) in [5.74, 6) is -0.637. The van der Waals surface area contributed by atoms with Gasteiger partial charge in [-0.15, -0.1) is 0 Å². The summed E-state index contributed by atoms with van der Waals surface area (Å²) in [7, 11) is 0. The van der Waals surface area contributed by atoms with E-state index in [4.69, 9.17) is 0 Å². The maximum Gasteiger partial charge on any atom is 3.00 e. The second-order valence-corrected chi connectivity index (χ2v) is 1.33. The average Bonchev–Trinajstić information content (AvgIpc) is 1.65. The molecule has 0 fully saturated rings. The largest absolute Gasteiger partial charge is 3.00 e. The van der Waals surface area contributed by atoms with Crippen LogP contribution in [0.3, 0.4) is 0 Å². The fraction of sp³-hybridized carbons (Fsp3) is 0.600. The van der Waals surface area contributed by atoms with Crippen molar-refractivity contribution in [1.82, 2.24) is 0 Å². The summed E-state index contributed by atoms with van der Waals surface area (Å²) in [5.41, 5.74) is 0. The number of ketones is 2. The molecule has 0 aromatic heterocycles. The Morgan fingerprint density at radius 3 is 1.75 bits per heavy atom. The monoisotopic (exact) mass is 152 g/mol. The van der Waals surface area contributed by atoms with Crippen molar-refractivity contribution in [2.24, 2.45) is 0 Å². The van der Waals surface area contributed by atoms with Gasteiger partial charge in [-0.2, -0.15) is 0 Å². The second-order valence-electron chi connectivity index (χ2n) is 1.33. The Hall–Kier alpha value is -0.128. The first-order valence-corrected chi connectivity index (χ1v) is 2.22. The molecule has 0 saturated heterocycles. The van der Waals surface area contributed by atoms with Gasteiger partial charge in [-0.05, 0) is 0 Å².